The second kappa shape index (κ2) is 5.71. The van der Waals surface area contributed by atoms with Gasteiger partial charge in [0.1, 0.15) is 0 Å². The van der Waals surface area contributed by atoms with Gasteiger partial charge >= 0.3 is 0 Å². The predicted octanol–water partition coefficient (Wildman–Crippen LogP) is 2.87. The van der Waals surface area contributed by atoms with Crippen molar-refractivity contribution in [2.75, 3.05) is 26.2 Å². The topological polar surface area (TPSA) is 29.3 Å². The average molecular weight is 238 g/mol. The van der Waals surface area contributed by atoms with Crippen molar-refractivity contribution in [1.29, 1.82) is 0 Å². The quantitative estimate of drug-likeness (QED) is 0.816. The molecule has 2 nitrogen and oxygen atoms in total. The van der Waals surface area contributed by atoms with Crippen LogP contribution in [0, 0.1) is 17.3 Å². The molecule has 2 aliphatic rings. The van der Waals surface area contributed by atoms with Crippen molar-refractivity contribution in [2.45, 2.75) is 52.4 Å². The third kappa shape index (κ3) is 3.23. The lowest BCUT2D eigenvalue weighted by Gasteiger charge is -2.42. The Morgan fingerprint density at radius 2 is 2.18 bits per heavy atom. The molecule has 2 fully saturated rings. The first-order valence-corrected chi connectivity index (χ1v) is 7.60. The second-order valence-corrected chi connectivity index (χ2v) is 6.70. The summed E-state index contributed by atoms with van der Waals surface area (Å²) in [5, 5.41) is 0. The lowest BCUT2D eigenvalue weighted by atomic mass is 9.70. The van der Waals surface area contributed by atoms with Crippen LogP contribution in [-0.2, 0) is 0 Å². The van der Waals surface area contributed by atoms with E-state index in [-0.39, 0.29) is 0 Å². The van der Waals surface area contributed by atoms with Gasteiger partial charge in [0.25, 0.3) is 0 Å². The molecule has 1 aliphatic heterocycles. The van der Waals surface area contributed by atoms with E-state index in [2.05, 4.69) is 18.7 Å². The monoisotopic (exact) mass is 238 g/mol. The average Bonchev–Trinajstić information content (AvgIpc) is 2.76. The van der Waals surface area contributed by atoms with Crippen LogP contribution >= 0.6 is 0 Å². The Labute approximate surface area is 107 Å². The highest BCUT2D eigenvalue weighted by molar-refractivity contribution is 4.90. The van der Waals surface area contributed by atoms with Gasteiger partial charge in [-0.2, -0.15) is 0 Å². The summed E-state index contributed by atoms with van der Waals surface area (Å²) >= 11 is 0. The Bertz CT molecular complexity index is 241. The van der Waals surface area contributed by atoms with Gasteiger partial charge in [0.05, 0.1) is 0 Å². The number of nitrogens with two attached hydrogens (primary N) is 1. The van der Waals surface area contributed by atoms with Crippen molar-refractivity contribution in [2.24, 2.45) is 23.0 Å². The zero-order valence-electron chi connectivity index (χ0n) is 11.8. The molecule has 0 amide bonds. The molecule has 2 rings (SSSR count). The van der Waals surface area contributed by atoms with Crippen molar-refractivity contribution in [3.05, 3.63) is 0 Å². The highest BCUT2D eigenvalue weighted by atomic mass is 15.2. The summed E-state index contributed by atoms with van der Waals surface area (Å²) in [7, 11) is 0. The van der Waals surface area contributed by atoms with Gasteiger partial charge in [-0.15, -0.1) is 0 Å². The fourth-order valence-electron chi connectivity index (χ4n) is 4.03. The van der Waals surface area contributed by atoms with Crippen LogP contribution in [0.3, 0.4) is 0 Å². The fourth-order valence-corrected chi connectivity index (χ4v) is 4.03. The molecule has 1 aliphatic carbocycles. The molecule has 0 bridgehead atoms. The maximum Gasteiger partial charge on any atom is 0.00503 e. The molecule has 2 heteroatoms. The Hall–Kier alpha value is -0.0800. The molecule has 0 aromatic rings. The summed E-state index contributed by atoms with van der Waals surface area (Å²) in [5.74, 6) is 1.84. The molecule has 1 heterocycles. The van der Waals surface area contributed by atoms with Crippen molar-refractivity contribution in [1.82, 2.24) is 4.90 Å². The van der Waals surface area contributed by atoms with Gasteiger partial charge in [0, 0.05) is 13.1 Å². The summed E-state index contributed by atoms with van der Waals surface area (Å²) in [6, 6.07) is 0. The normalized spacial score (nSPS) is 39.7. The van der Waals surface area contributed by atoms with Crippen molar-refractivity contribution >= 4 is 0 Å². The predicted molar refractivity (Wildman–Crippen MR) is 74.0 cm³/mol. The number of likely N-dealkylation sites (tertiary alicyclic amines) is 1. The van der Waals surface area contributed by atoms with Crippen molar-refractivity contribution < 1.29 is 0 Å². The summed E-state index contributed by atoms with van der Waals surface area (Å²) in [4.78, 5) is 2.69. The van der Waals surface area contributed by atoms with E-state index < -0.39 is 0 Å². The summed E-state index contributed by atoms with van der Waals surface area (Å²) in [6.07, 6.45) is 8.29. The standard InChI is InChI=1S/C15H30N2/c1-3-14-6-8-17(10-14)12-15(11-16)7-4-5-13(2)9-15/h13-14H,3-12,16H2,1-2H3. The third-order valence-corrected chi connectivity index (χ3v) is 5.12. The van der Waals surface area contributed by atoms with E-state index in [1.807, 2.05) is 0 Å². The van der Waals surface area contributed by atoms with E-state index in [0.29, 0.717) is 5.41 Å². The highest BCUT2D eigenvalue weighted by Crippen LogP contribution is 2.40. The third-order valence-electron chi connectivity index (χ3n) is 5.12. The van der Waals surface area contributed by atoms with E-state index in [0.717, 1.165) is 18.4 Å². The molecule has 100 valence electrons. The van der Waals surface area contributed by atoms with E-state index in [1.165, 1.54) is 58.2 Å². The molecule has 0 spiro atoms. The van der Waals surface area contributed by atoms with Gasteiger partial charge in [-0.25, -0.2) is 0 Å². The zero-order chi connectivity index (χ0) is 12.3. The lowest BCUT2D eigenvalue weighted by Crippen LogP contribution is -2.44. The van der Waals surface area contributed by atoms with Crippen LogP contribution < -0.4 is 5.73 Å². The molecule has 1 saturated carbocycles. The number of nitrogens with zero attached hydrogens (tertiary/aromatic N) is 1. The Morgan fingerprint density at radius 3 is 2.76 bits per heavy atom. The smallest absolute Gasteiger partial charge is 0.00503 e. The summed E-state index contributed by atoms with van der Waals surface area (Å²) < 4.78 is 0. The Morgan fingerprint density at radius 1 is 1.35 bits per heavy atom. The highest BCUT2D eigenvalue weighted by Gasteiger charge is 2.36. The minimum absolute atomic E-state index is 0.445. The molecule has 1 saturated heterocycles. The van der Waals surface area contributed by atoms with E-state index in [1.54, 1.807) is 0 Å². The van der Waals surface area contributed by atoms with Gasteiger partial charge in [0.2, 0.25) is 0 Å². The first-order chi connectivity index (χ1) is 8.17. The molecule has 0 radical (unpaired) electrons. The second-order valence-electron chi connectivity index (χ2n) is 6.70. The number of hydrogen-bond acceptors (Lipinski definition) is 2. The van der Waals surface area contributed by atoms with Gasteiger partial charge in [-0.05, 0) is 49.6 Å². The van der Waals surface area contributed by atoms with Crippen LogP contribution in [0.25, 0.3) is 0 Å². The fraction of sp³-hybridized carbons (Fsp3) is 1.00. The molecule has 2 N–H and O–H groups in total. The van der Waals surface area contributed by atoms with E-state index in [4.69, 9.17) is 5.73 Å². The summed E-state index contributed by atoms with van der Waals surface area (Å²) in [5.41, 5.74) is 6.56. The number of hydrogen-bond donors (Lipinski definition) is 1. The van der Waals surface area contributed by atoms with Gasteiger partial charge in [0.15, 0.2) is 0 Å². The van der Waals surface area contributed by atoms with Gasteiger partial charge in [-0.1, -0.05) is 33.1 Å². The number of rotatable bonds is 4. The zero-order valence-corrected chi connectivity index (χ0v) is 11.8. The summed E-state index contributed by atoms with van der Waals surface area (Å²) in [6.45, 7) is 9.54. The molecular weight excluding hydrogens is 208 g/mol. The molecule has 0 aromatic heterocycles. The van der Waals surface area contributed by atoms with Crippen LogP contribution in [0.15, 0.2) is 0 Å². The maximum atomic E-state index is 6.12. The van der Waals surface area contributed by atoms with Crippen molar-refractivity contribution in [3.8, 4) is 0 Å². The van der Waals surface area contributed by atoms with Crippen LogP contribution in [0.1, 0.15) is 52.4 Å². The maximum absolute atomic E-state index is 6.12. The molecule has 17 heavy (non-hydrogen) atoms. The SMILES string of the molecule is CCC1CCN(CC2(CN)CCCC(C)C2)C1. The van der Waals surface area contributed by atoms with Crippen LogP contribution in [0.2, 0.25) is 0 Å². The lowest BCUT2D eigenvalue weighted by molar-refractivity contribution is 0.0985. The van der Waals surface area contributed by atoms with Crippen LogP contribution in [0.4, 0.5) is 0 Å². The minimum atomic E-state index is 0.445. The van der Waals surface area contributed by atoms with Crippen LogP contribution in [0.5, 0.6) is 0 Å². The van der Waals surface area contributed by atoms with Crippen molar-refractivity contribution in [3.63, 3.8) is 0 Å². The molecule has 3 unspecified atom stereocenters. The van der Waals surface area contributed by atoms with E-state index in [9.17, 15) is 0 Å². The first-order valence-electron chi connectivity index (χ1n) is 7.60. The Kier molecular flexibility index (Phi) is 4.48. The largest absolute Gasteiger partial charge is 0.330 e. The van der Waals surface area contributed by atoms with Gasteiger partial charge < -0.3 is 10.6 Å². The molecule has 0 aromatic carbocycles. The minimum Gasteiger partial charge on any atom is -0.330 e. The van der Waals surface area contributed by atoms with Gasteiger partial charge in [-0.3, -0.25) is 0 Å². The molecular formula is C15H30N2. The van der Waals surface area contributed by atoms with E-state index >= 15 is 0 Å². The van der Waals surface area contributed by atoms with Crippen LogP contribution in [-0.4, -0.2) is 31.1 Å². The Balaban J connectivity index is 1.90. The molecule has 3 atom stereocenters. The first kappa shape index (κ1) is 13.4.